The summed E-state index contributed by atoms with van der Waals surface area (Å²) in [5.74, 6) is 0.822. The third-order valence-corrected chi connectivity index (χ3v) is 4.19. The number of benzene rings is 1. The van der Waals surface area contributed by atoms with Gasteiger partial charge in [-0.2, -0.15) is 0 Å². The Morgan fingerprint density at radius 3 is 2.75 bits per heavy atom. The smallest absolute Gasteiger partial charge is 0.278 e. The number of nitrogens with one attached hydrogen (secondary N) is 1. The number of carbonyl (C=O) groups is 1. The lowest BCUT2D eigenvalue weighted by atomic mass is 9.99. The summed E-state index contributed by atoms with van der Waals surface area (Å²) >= 11 is 0. The lowest BCUT2D eigenvalue weighted by Crippen LogP contribution is -2.32. The van der Waals surface area contributed by atoms with E-state index in [9.17, 15) is 4.79 Å². The number of methoxy groups -OCH3 is 1. The molecular weight excluding hydrogens is 300 g/mol. The highest BCUT2D eigenvalue weighted by molar-refractivity contribution is 6.07. The van der Waals surface area contributed by atoms with Crippen LogP contribution in [0.2, 0.25) is 0 Å². The average Bonchev–Trinajstić information content (AvgIpc) is 3.14. The molecule has 0 spiro atoms. The van der Waals surface area contributed by atoms with Crippen molar-refractivity contribution in [2.24, 2.45) is 5.92 Å². The molecule has 1 aromatic heterocycles. The summed E-state index contributed by atoms with van der Waals surface area (Å²) in [7, 11) is 1.62. The number of rotatable bonds is 8. The fourth-order valence-corrected chi connectivity index (χ4v) is 2.64. The summed E-state index contributed by atoms with van der Waals surface area (Å²) in [6, 6.07) is 11.1. The molecule has 1 amide bonds. The molecule has 0 bridgehead atoms. The van der Waals surface area contributed by atoms with Gasteiger partial charge in [0.2, 0.25) is 0 Å². The molecule has 0 aliphatic carbocycles. The van der Waals surface area contributed by atoms with Crippen LogP contribution in [-0.4, -0.2) is 18.0 Å². The Labute approximate surface area is 144 Å². The van der Waals surface area contributed by atoms with Crippen molar-refractivity contribution in [1.29, 1.82) is 0 Å². The Hall–Kier alpha value is -2.49. The number of allylic oxidation sites excluding steroid dienone is 1. The molecule has 0 saturated heterocycles. The molecule has 0 radical (unpaired) electrons. The van der Waals surface area contributed by atoms with Crippen LogP contribution in [-0.2, 0) is 0 Å². The maximum Gasteiger partial charge on any atom is 0.278 e. The summed E-state index contributed by atoms with van der Waals surface area (Å²) in [6.07, 6.45) is 5.00. The molecule has 0 saturated carbocycles. The fraction of sp³-hybridized carbons (Fsp3) is 0.350. The number of aromatic amines is 1. The zero-order valence-corrected chi connectivity index (χ0v) is 14.7. The number of ether oxygens (including phenoxy) is 1. The van der Waals surface area contributed by atoms with Crippen LogP contribution >= 0.6 is 0 Å². The quantitative estimate of drug-likeness (QED) is 0.741. The van der Waals surface area contributed by atoms with Crippen LogP contribution in [0.15, 0.2) is 54.9 Å². The van der Waals surface area contributed by atoms with E-state index in [4.69, 9.17) is 4.74 Å². The van der Waals surface area contributed by atoms with Crippen LogP contribution in [0.4, 0.5) is 5.69 Å². The summed E-state index contributed by atoms with van der Waals surface area (Å²) in [4.78, 5) is 17.7. The molecule has 4 heteroatoms. The molecule has 4 nitrogen and oxygen atoms in total. The van der Waals surface area contributed by atoms with E-state index < -0.39 is 0 Å². The highest BCUT2D eigenvalue weighted by Gasteiger charge is 2.24. The van der Waals surface area contributed by atoms with E-state index in [-0.39, 0.29) is 11.8 Å². The molecule has 24 heavy (non-hydrogen) atoms. The molecule has 1 atom stereocenters. The fourth-order valence-electron chi connectivity index (χ4n) is 2.64. The average molecular weight is 326 g/mol. The van der Waals surface area contributed by atoms with E-state index in [0.29, 0.717) is 11.4 Å². The highest BCUT2D eigenvalue weighted by Crippen LogP contribution is 2.30. The molecule has 128 valence electrons. The molecule has 0 fully saturated rings. The number of amides is 1. The lowest BCUT2D eigenvalue weighted by molar-refractivity contribution is 0.0988. The number of H-pyrrole nitrogens is 1. The number of carbonyl (C=O) groups excluding carboxylic acids is 1. The van der Waals surface area contributed by atoms with Gasteiger partial charge >= 0.3 is 0 Å². The Bertz CT molecular complexity index is 677. The minimum absolute atomic E-state index is 0.110. The monoisotopic (exact) mass is 326 g/mol. The van der Waals surface area contributed by atoms with Gasteiger partial charge in [-0.15, -0.1) is 0 Å². The van der Waals surface area contributed by atoms with Gasteiger partial charge in [-0.05, 0) is 36.6 Å². The summed E-state index contributed by atoms with van der Waals surface area (Å²) in [5, 5.41) is 0. The van der Waals surface area contributed by atoms with Crippen molar-refractivity contribution < 1.29 is 9.53 Å². The van der Waals surface area contributed by atoms with Crippen molar-refractivity contribution in [2.45, 2.75) is 33.1 Å². The van der Waals surface area contributed by atoms with E-state index in [1.165, 1.54) is 0 Å². The highest BCUT2D eigenvalue weighted by atomic mass is 16.5. The molecular formula is C20H26N2O2. The number of hydrogen-bond donors (Lipinski definition) is 1. The Balaban J connectivity index is 2.37. The lowest BCUT2D eigenvalue weighted by Gasteiger charge is -2.28. The predicted molar refractivity (Wildman–Crippen MR) is 98.4 cm³/mol. The second kappa shape index (κ2) is 8.39. The molecule has 0 unspecified atom stereocenters. The van der Waals surface area contributed by atoms with Crippen molar-refractivity contribution in [3.8, 4) is 5.75 Å². The predicted octanol–water partition coefficient (Wildman–Crippen LogP) is 5.01. The zero-order valence-electron chi connectivity index (χ0n) is 14.7. The summed E-state index contributed by atoms with van der Waals surface area (Å²) in [5.41, 5.74) is 2.11. The Morgan fingerprint density at radius 2 is 2.12 bits per heavy atom. The standard InChI is InChI=1S/C20H26N2O2/c1-5-6-9-15(2)16(3)22(20(23)19-12-8-13-21-19)17-10-7-11-18(14-17)24-4/h7-8,10-15,21H,3,5-6,9H2,1-2,4H3/t15-/m0/s1. The van der Waals surface area contributed by atoms with Gasteiger partial charge in [0, 0.05) is 18.0 Å². The SMILES string of the molecule is C=C([C@@H](C)CCCC)N(C(=O)c1ccc[nH]1)c1cccc(OC)c1. The van der Waals surface area contributed by atoms with E-state index in [1.807, 2.05) is 30.3 Å². The molecule has 2 rings (SSSR count). The van der Waals surface area contributed by atoms with E-state index in [2.05, 4.69) is 25.4 Å². The van der Waals surface area contributed by atoms with E-state index in [1.54, 1.807) is 24.3 Å². The van der Waals surface area contributed by atoms with Crippen molar-refractivity contribution in [3.05, 3.63) is 60.6 Å². The Morgan fingerprint density at radius 1 is 1.33 bits per heavy atom. The minimum Gasteiger partial charge on any atom is -0.497 e. The first kappa shape index (κ1) is 17.9. The van der Waals surface area contributed by atoms with Gasteiger partial charge in [0.25, 0.3) is 5.91 Å². The third kappa shape index (κ3) is 4.07. The first-order valence-corrected chi connectivity index (χ1v) is 8.39. The van der Waals surface area contributed by atoms with Gasteiger partial charge in [0.15, 0.2) is 0 Å². The Kier molecular flexibility index (Phi) is 6.24. The zero-order chi connectivity index (χ0) is 17.5. The molecule has 1 heterocycles. The first-order chi connectivity index (χ1) is 11.6. The number of anilines is 1. The van der Waals surface area contributed by atoms with Crippen LogP contribution < -0.4 is 9.64 Å². The summed E-state index contributed by atoms with van der Waals surface area (Å²) < 4.78 is 5.31. The van der Waals surface area contributed by atoms with Gasteiger partial charge < -0.3 is 9.72 Å². The normalized spacial score (nSPS) is 11.8. The number of aromatic nitrogens is 1. The van der Waals surface area contributed by atoms with Crippen molar-refractivity contribution in [1.82, 2.24) is 4.98 Å². The summed E-state index contributed by atoms with van der Waals surface area (Å²) in [6.45, 7) is 8.51. The largest absolute Gasteiger partial charge is 0.497 e. The van der Waals surface area contributed by atoms with Gasteiger partial charge in [0.05, 0.1) is 12.8 Å². The number of unbranched alkanes of at least 4 members (excludes halogenated alkanes) is 1. The topological polar surface area (TPSA) is 45.3 Å². The maximum atomic E-state index is 13.0. The molecule has 0 aliphatic rings. The van der Waals surface area contributed by atoms with Crippen molar-refractivity contribution >= 4 is 11.6 Å². The van der Waals surface area contributed by atoms with Crippen LogP contribution in [0.5, 0.6) is 5.75 Å². The van der Waals surface area contributed by atoms with Crippen LogP contribution in [0.1, 0.15) is 43.6 Å². The van der Waals surface area contributed by atoms with Crippen LogP contribution in [0, 0.1) is 5.92 Å². The second-order valence-electron chi connectivity index (χ2n) is 5.96. The van der Waals surface area contributed by atoms with Crippen LogP contribution in [0.3, 0.4) is 0 Å². The van der Waals surface area contributed by atoms with Gasteiger partial charge in [-0.3, -0.25) is 9.69 Å². The third-order valence-electron chi connectivity index (χ3n) is 4.19. The van der Waals surface area contributed by atoms with Gasteiger partial charge in [0.1, 0.15) is 11.4 Å². The van der Waals surface area contributed by atoms with Crippen molar-refractivity contribution in [2.75, 3.05) is 12.0 Å². The van der Waals surface area contributed by atoms with Crippen molar-refractivity contribution in [3.63, 3.8) is 0 Å². The van der Waals surface area contributed by atoms with E-state index >= 15 is 0 Å². The van der Waals surface area contributed by atoms with Gasteiger partial charge in [-0.25, -0.2) is 0 Å². The van der Waals surface area contributed by atoms with E-state index in [0.717, 1.165) is 30.6 Å². The first-order valence-electron chi connectivity index (χ1n) is 8.39. The molecule has 1 aromatic carbocycles. The van der Waals surface area contributed by atoms with Crippen LogP contribution in [0.25, 0.3) is 0 Å². The molecule has 1 N–H and O–H groups in total. The molecule has 2 aromatic rings. The second-order valence-corrected chi connectivity index (χ2v) is 5.96. The molecule has 0 aliphatic heterocycles. The number of nitrogens with zero attached hydrogens (tertiary/aromatic N) is 1. The number of hydrogen-bond acceptors (Lipinski definition) is 2. The van der Waals surface area contributed by atoms with Gasteiger partial charge in [-0.1, -0.05) is 39.3 Å². The minimum atomic E-state index is -0.110. The maximum absolute atomic E-state index is 13.0.